The van der Waals surface area contributed by atoms with Crippen molar-refractivity contribution in [1.82, 2.24) is 4.90 Å². The van der Waals surface area contributed by atoms with Crippen LogP contribution < -0.4 is 0 Å². The lowest BCUT2D eigenvalue weighted by Gasteiger charge is -2.24. The highest BCUT2D eigenvalue weighted by molar-refractivity contribution is 5.78. The van der Waals surface area contributed by atoms with Crippen LogP contribution in [0.2, 0.25) is 0 Å². The summed E-state index contributed by atoms with van der Waals surface area (Å²) in [6.07, 6.45) is 7.46. The van der Waals surface area contributed by atoms with Crippen molar-refractivity contribution in [2.75, 3.05) is 13.1 Å². The van der Waals surface area contributed by atoms with Gasteiger partial charge in [-0.1, -0.05) is 25.7 Å². The van der Waals surface area contributed by atoms with E-state index in [2.05, 4.69) is 6.07 Å². The summed E-state index contributed by atoms with van der Waals surface area (Å²) in [4.78, 5) is 14.1. The lowest BCUT2D eigenvalue weighted by molar-refractivity contribution is -0.135. The van der Waals surface area contributed by atoms with E-state index in [1.54, 1.807) is 0 Å². The predicted molar refractivity (Wildman–Crippen MR) is 63.7 cm³/mol. The van der Waals surface area contributed by atoms with Crippen LogP contribution in [0.5, 0.6) is 0 Å². The maximum absolute atomic E-state index is 12.2. The first-order valence-corrected chi connectivity index (χ1v) is 6.45. The van der Waals surface area contributed by atoms with Crippen molar-refractivity contribution >= 4 is 5.91 Å². The molecule has 0 aromatic carbocycles. The predicted octanol–water partition coefficient (Wildman–Crippen LogP) is 2.72. The molecule has 0 aromatic rings. The molecule has 3 nitrogen and oxygen atoms in total. The van der Waals surface area contributed by atoms with Crippen LogP contribution in [0.1, 0.15) is 51.9 Å². The molecule has 16 heavy (non-hydrogen) atoms. The maximum Gasteiger partial charge on any atom is 0.225 e. The van der Waals surface area contributed by atoms with E-state index in [9.17, 15) is 4.79 Å². The number of nitriles is 1. The minimum absolute atomic E-state index is 0.223. The zero-order valence-corrected chi connectivity index (χ0v) is 10.2. The highest BCUT2D eigenvalue weighted by atomic mass is 16.2. The summed E-state index contributed by atoms with van der Waals surface area (Å²) in [7, 11) is 0. The van der Waals surface area contributed by atoms with Crippen LogP contribution in [0.15, 0.2) is 0 Å². The van der Waals surface area contributed by atoms with Gasteiger partial charge in [0.1, 0.15) is 0 Å². The second-order valence-corrected chi connectivity index (χ2v) is 4.51. The van der Waals surface area contributed by atoms with Gasteiger partial charge in [0.2, 0.25) is 5.91 Å². The average molecular weight is 222 g/mol. The summed E-state index contributed by atoms with van der Waals surface area (Å²) in [5.41, 5.74) is 0. The molecule has 0 spiro atoms. The van der Waals surface area contributed by atoms with E-state index in [0.29, 0.717) is 13.0 Å². The van der Waals surface area contributed by atoms with E-state index < -0.39 is 0 Å². The van der Waals surface area contributed by atoms with Gasteiger partial charge in [0.05, 0.1) is 12.5 Å². The zero-order chi connectivity index (χ0) is 11.8. The summed E-state index contributed by atoms with van der Waals surface area (Å²) < 4.78 is 0. The van der Waals surface area contributed by atoms with Crippen LogP contribution in [0.3, 0.4) is 0 Å². The highest BCUT2D eigenvalue weighted by Gasteiger charge is 2.23. The molecule has 1 rings (SSSR count). The molecule has 0 saturated heterocycles. The highest BCUT2D eigenvalue weighted by Crippen LogP contribution is 2.24. The van der Waals surface area contributed by atoms with Crippen LogP contribution >= 0.6 is 0 Å². The molecule has 0 radical (unpaired) electrons. The van der Waals surface area contributed by atoms with Crippen LogP contribution in [-0.4, -0.2) is 23.9 Å². The summed E-state index contributed by atoms with van der Waals surface area (Å²) in [6, 6.07) is 2.11. The van der Waals surface area contributed by atoms with E-state index in [0.717, 1.165) is 19.4 Å². The van der Waals surface area contributed by atoms with Crippen molar-refractivity contribution in [2.45, 2.75) is 51.9 Å². The maximum atomic E-state index is 12.2. The smallest absolute Gasteiger partial charge is 0.225 e. The molecule has 1 saturated carbocycles. The number of carbonyl (C=O) groups excluding carboxylic acids is 1. The molecule has 3 heteroatoms. The fourth-order valence-electron chi connectivity index (χ4n) is 2.39. The number of rotatable bonds is 4. The van der Waals surface area contributed by atoms with Crippen molar-refractivity contribution < 1.29 is 4.79 Å². The van der Waals surface area contributed by atoms with Crippen molar-refractivity contribution in [2.24, 2.45) is 5.92 Å². The Labute approximate surface area is 98.4 Å². The molecule has 1 fully saturated rings. The number of hydrogen-bond donors (Lipinski definition) is 0. The molecule has 0 heterocycles. The van der Waals surface area contributed by atoms with Crippen LogP contribution in [0, 0.1) is 17.2 Å². The quantitative estimate of drug-likeness (QED) is 0.686. The van der Waals surface area contributed by atoms with Crippen LogP contribution in [-0.2, 0) is 4.79 Å². The van der Waals surface area contributed by atoms with E-state index in [-0.39, 0.29) is 11.8 Å². The van der Waals surface area contributed by atoms with Gasteiger partial charge in [0, 0.05) is 19.0 Å². The Kier molecular flexibility index (Phi) is 5.92. The van der Waals surface area contributed by atoms with Crippen LogP contribution in [0.25, 0.3) is 0 Å². The van der Waals surface area contributed by atoms with Crippen molar-refractivity contribution in [3.8, 4) is 6.07 Å². The van der Waals surface area contributed by atoms with Gasteiger partial charge in [0.15, 0.2) is 0 Å². The first-order chi connectivity index (χ1) is 7.79. The third kappa shape index (κ3) is 3.84. The van der Waals surface area contributed by atoms with Gasteiger partial charge in [-0.25, -0.2) is 0 Å². The lowest BCUT2D eigenvalue weighted by Crippen LogP contribution is -2.36. The van der Waals surface area contributed by atoms with E-state index in [4.69, 9.17) is 5.26 Å². The summed E-state index contributed by atoms with van der Waals surface area (Å²) in [5, 5.41) is 8.56. The molecular weight excluding hydrogens is 200 g/mol. The molecule has 90 valence electrons. The largest absolute Gasteiger partial charge is 0.342 e. The number of amides is 1. The van der Waals surface area contributed by atoms with Gasteiger partial charge >= 0.3 is 0 Å². The van der Waals surface area contributed by atoms with Crippen LogP contribution in [0.4, 0.5) is 0 Å². The lowest BCUT2D eigenvalue weighted by atomic mass is 9.98. The number of nitrogens with zero attached hydrogens (tertiary/aromatic N) is 2. The molecule has 0 N–H and O–H groups in total. The third-order valence-corrected chi connectivity index (χ3v) is 3.39. The first-order valence-electron chi connectivity index (χ1n) is 6.45. The summed E-state index contributed by atoms with van der Waals surface area (Å²) >= 11 is 0. The Morgan fingerprint density at radius 1 is 1.31 bits per heavy atom. The van der Waals surface area contributed by atoms with Gasteiger partial charge < -0.3 is 4.90 Å². The molecule has 0 aromatic heterocycles. The Bertz CT molecular complexity index is 249. The topological polar surface area (TPSA) is 44.1 Å². The van der Waals surface area contributed by atoms with Gasteiger partial charge in [-0.15, -0.1) is 0 Å². The minimum Gasteiger partial charge on any atom is -0.342 e. The summed E-state index contributed by atoms with van der Waals surface area (Å²) in [5.74, 6) is 0.501. The zero-order valence-electron chi connectivity index (χ0n) is 10.2. The monoisotopic (exact) mass is 222 g/mol. The van der Waals surface area contributed by atoms with E-state index >= 15 is 0 Å². The SMILES string of the molecule is CCN(CCC#N)C(=O)C1CCCCCC1. The standard InChI is InChI=1S/C13H22N2O/c1-2-15(11-7-10-14)13(16)12-8-5-3-4-6-9-12/h12H,2-9,11H2,1H3. The van der Waals surface area contributed by atoms with E-state index in [1.807, 2.05) is 11.8 Å². The number of hydrogen-bond acceptors (Lipinski definition) is 2. The Morgan fingerprint density at radius 2 is 1.94 bits per heavy atom. The Hall–Kier alpha value is -1.04. The second kappa shape index (κ2) is 7.27. The van der Waals surface area contributed by atoms with Gasteiger partial charge in [-0.3, -0.25) is 4.79 Å². The summed E-state index contributed by atoms with van der Waals surface area (Å²) in [6.45, 7) is 3.32. The molecule has 1 amide bonds. The van der Waals surface area contributed by atoms with Gasteiger partial charge in [-0.05, 0) is 19.8 Å². The Morgan fingerprint density at radius 3 is 2.44 bits per heavy atom. The normalized spacial score (nSPS) is 17.5. The molecule has 0 atom stereocenters. The average Bonchev–Trinajstić information content (AvgIpc) is 2.58. The molecule has 0 bridgehead atoms. The number of carbonyl (C=O) groups is 1. The molecule has 1 aliphatic carbocycles. The van der Waals surface area contributed by atoms with Crippen molar-refractivity contribution in [3.63, 3.8) is 0 Å². The molecular formula is C13H22N2O. The third-order valence-electron chi connectivity index (χ3n) is 3.39. The molecule has 0 unspecified atom stereocenters. The first kappa shape index (κ1) is 13.0. The Balaban J connectivity index is 2.48. The van der Waals surface area contributed by atoms with Gasteiger partial charge in [-0.2, -0.15) is 5.26 Å². The fourth-order valence-corrected chi connectivity index (χ4v) is 2.39. The van der Waals surface area contributed by atoms with Gasteiger partial charge in [0.25, 0.3) is 0 Å². The molecule has 0 aliphatic heterocycles. The second-order valence-electron chi connectivity index (χ2n) is 4.51. The van der Waals surface area contributed by atoms with E-state index in [1.165, 1.54) is 25.7 Å². The van der Waals surface area contributed by atoms with Crippen molar-refractivity contribution in [3.05, 3.63) is 0 Å². The van der Waals surface area contributed by atoms with Crippen molar-refractivity contribution in [1.29, 1.82) is 5.26 Å². The molecule has 1 aliphatic rings. The minimum atomic E-state index is 0.223. The fraction of sp³-hybridized carbons (Fsp3) is 0.846.